The molecule has 1 rings (SSSR count). The zero-order valence-corrected chi connectivity index (χ0v) is 13.2. The number of hydrogen-bond donors (Lipinski definition) is 1. The molecule has 1 aromatic carbocycles. The Morgan fingerprint density at radius 2 is 1.90 bits per heavy atom. The molecular weight excluding hydrogens is 292 g/mol. The Hall–Kier alpha value is -1.73. The summed E-state index contributed by atoms with van der Waals surface area (Å²) in [7, 11) is -2.22. The summed E-state index contributed by atoms with van der Waals surface area (Å²) in [6, 6.07) is 5.79. The van der Waals surface area contributed by atoms with Gasteiger partial charge in [-0.15, -0.1) is 0 Å². The Bertz CT molecular complexity index is 626. The van der Waals surface area contributed by atoms with Crippen LogP contribution in [0, 0.1) is 0 Å². The first kappa shape index (κ1) is 17.3. The number of hydrogen-bond acceptors (Lipinski definition) is 4. The van der Waals surface area contributed by atoms with Crippen molar-refractivity contribution < 1.29 is 18.0 Å². The van der Waals surface area contributed by atoms with Crippen LogP contribution in [0.25, 0.3) is 0 Å². The van der Waals surface area contributed by atoms with Gasteiger partial charge in [0.15, 0.2) is 5.78 Å². The average molecular weight is 312 g/mol. The Balaban J connectivity index is 2.88. The van der Waals surface area contributed by atoms with Crippen LogP contribution in [0.1, 0.15) is 30.6 Å². The van der Waals surface area contributed by atoms with Crippen LogP contribution >= 0.6 is 0 Å². The van der Waals surface area contributed by atoms with E-state index in [9.17, 15) is 18.0 Å². The van der Waals surface area contributed by atoms with E-state index in [1.54, 1.807) is 27.0 Å². The number of carbonyl (C=O) groups excluding carboxylic acids is 2. The minimum Gasteiger partial charge on any atom is -0.345 e. The number of Topliss-reactive ketones (excluding diaryl/α,β-unsaturated/α-hetero) is 1. The molecule has 0 atom stereocenters. The molecule has 0 aromatic heterocycles. The fourth-order valence-electron chi connectivity index (χ4n) is 1.59. The average Bonchev–Trinajstić information content (AvgIpc) is 2.51. The Morgan fingerprint density at radius 3 is 2.48 bits per heavy atom. The molecule has 116 valence electrons. The number of benzene rings is 1. The Kier molecular flexibility index (Phi) is 6.04. The molecule has 21 heavy (non-hydrogen) atoms. The van der Waals surface area contributed by atoms with Gasteiger partial charge < -0.3 is 4.90 Å². The SMILES string of the molecule is CCC(=O)c1cccc(S(=O)(=O)NCC(=O)N(C)CC)c1. The molecule has 0 aliphatic heterocycles. The molecule has 7 heteroatoms. The van der Waals surface area contributed by atoms with E-state index in [1.165, 1.54) is 23.1 Å². The number of nitrogens with zero attached hydrogens (tertiary/aromatic N) is 1. The molecule has 6 nitrogen and oxygen atoms in total. The number of carbonyl (C=O) groups is 2. The molecule has 1 amide bonds. The molecule has 1 aromatic rings. The second-order valence-corrected chi connectivity index (χ2v) is 6.30. The van der Waals surface area contributed by atoms with E-state index in [0.717, 1.165) is 0 Å². The molecule has 0 saturated heterocycles. The highest BCUT2D eigenvalue weighted by Crippen LogP contribution is 2.12. The quantitative estimate of drug-likeness (QED) is 0.762. The standard InChI is InChI=1S/C14H20N2O4S/c1-4-13(17)11-7-6-8-12(9-11)21(19,20)15-10-14(18)16(3)5-2/h6-9,15H,4-5,10H2,1-3H3. The van der Waals surface area contributed by atoms with Crippen LogP contribution in [0.3, 0.4) is 0 Å². The third-order valence-electron chi connectivity index (χ3n) is 3.10. The predicted molar refractivity (Wildman–Crippen MR) is 79.6 cm³/mol. The second kappa shape index (κ2) is 7.33. The van der Waals surface area contributed by atoms with Crippen molar-refractivity contribution in [2.45, 2.75) is 25.2 Å². The first-order valence-corrected chi connectivity index (χ1v) is 8.17. The van der Waals surface area contributed by atoms with Gasteiger partial charge in [0, 0.05) is 25.6 Å². The van der Waals surface area contributed by atoms with Crippen molar-refractivity contribution in [3.05, 3.63) is 29.8 Å². The summed E-state index contributed by atoms with van der Waals surface area (Å²) in [5.41, 5.74) is 0.345. The monoisotopic (exact) mass is 312 g/mol. The van der Waals surface area contributed by atoms with Crippen molar-refractivity contribution in [1.29, 1.82) is 0 Å². The van der Waals surface area contributed by atoms with Gasteiger partial charge in [-0.1, -0.05) is 19.1 Å². The zero-order valence-electron chi connectivity index (χ0n) is 12.4. The minimum atomic E-state index is -3.81. The fourth-order valence-corrected chi connectivity index (χ4v) is 2.61. The maximum absolute atomic E-state index is 12.1. The highest BCUT2D eigenvalue weighted by molar-refractivity contribution is 7.89. The maximum Gasteiger partial charge on any atom is 0.241 e. The molecule has 0 fully saturated rings. The lowest BCUT2D eigenvalue weighted by atomic mass is 10.1. The van der Waals surface area contributed by atoms with Gasteiger partial charge in [0.1, 0.15) is 0 Å². The molecule has 0 bridgehead atoms. The molecular formula is C14H20N2O4S. The van der Waals surface area contributed by atoms with Crippen molar-refractivity contribution in [3.8, 4) is 0 Å². The summed E-state index contributed by atoms with van der Waals surface area (Å²) in [5, 5.41) is 0. The summed E-state index contributed by atoms with van der Waals surface area (Å²) < 4.78 is 26.5. The van der Waals surface area contributed by atoms with Crippen LogP contribution in [0.2, 0.25) is 0 Å². The van der Waals surface area contributed by atoms with Gasteiger partial charge in [-0.3, -0.25) is 9.59 Å². The third-order valence-corrected chi connectivity index (χ3v) is 4.50. The van der Waals surface area contributed by atoms with Gasteiger partial charge >= 0.3 is 0 Å². The largest absolute Gasteiger partial charge is 0.345 e. The number of ketones is 1. The lowest BCUT2D eigenvalue weighted by Gasteiger charge is -2.15. The van der Waals surface area contributed by atoms with E-state index >= 15 is 0 Å². The second-order valence-electron chi connectivity index (χ2n) is 4.54. The Labute approximate surface area is 125 Å². The summed E-state index contributed by atoms with van der Waals surface area (Å²) in [6.45, 7) is 3.70. The van der Waals surface area contributed by atoms with Crippen LogP contribution in [-0.4, -0.2) is 45.1 Å². The van der Waals surface area contributed by atoms with Crippen molar-refractivity contribution in [2.75, 3.05) is 20.1 Å². The lowest BCUT2D eigenvalue weighted by Crippen LogP contribution is -2.38. The Morgan fingerprint density at radius 1 is 1.24 bits per heavy atom. The van der Waals surface area contributed by atoms with Crippen molar-refractivity contribution in [1.82, 2.24) is 9.62 Å². The third kappa shape index (κ3) is 4.64. The highest BCUT2D eigenvalue weighted by atomic mass is 32.2. The smallest absolute Gasteiger partial charge is 0.241 e. The van der Waals surface area contributed by atoms with E-state index in [0.29, 0.717) is 18.5 Å². The van der Waals surface area contributed by atoms with Gasteiger partial charge in [-0.05, 0) is 19.1 Å². The van der Waals surface area contributed by atoms with E-state index in [-0.39, 0.29) is 23.1 Å². The van der Waals surface area contributed by atoms with Crippen molar-refractivity contribution in [3.63, 3.8) is 0 Å². The number of nitrogens with one attached hydrogen (secondary N) is 1. The summed E-state index contributed by atoms with van der Waals surface area (Å²) >= 11 is 0. The minimum absolute atomic E-state index is 0.0197. The molecule has 0 unspecified atom stereocenters. The lowest BCUT2D eigenvalue weighted by molar-refractivity contribution is -0.128. The highest BCUT2D eigenvalue weighted by Gasteiger charge is 2.18. The topological polar surface area (TPSA) is 83.5 Å². The molecule has 0 aliphatic rings. The number of sulfonamides is 1. The summed E-state index contributed by atoms with van der Waals surface area (Å²) in [6.07, 6.45) is 0.302. The molecule has 0 saturated carbocycles. The number of amides is 1. The van der Waals surface area contributed by atoms with E-state index in [4.69, 9.17) is 0 Å². The fraction of sp³-hybridized carbons (Fsp3) is 0.429. The van der Waals surface area contributed by atoms with Crippen LogP contribution in [0.15, 0.2) is 29.2 Å². The summed E-state index contributed by atoms with van der Waals surface area (Å²) in [5.74, 6) is -0.448. The first-order valence-electron chi connectivity index (χ1n) is 6.68. The van der Waals surface area contributed by atoms with Gasteiger partial charge in [0.2, 0.25) is 15.9 Å². The van der Waals surface area contributed by atoms with Crippen molar-refractivity contribution in [2.24, 2.45) is 0 Å². The first-order chi connectivity index (χ1) is 9.81. The van der Waals surface area contributed by atoms with Gasteiger partial charge in [0.25, 0.3) is 0 Å². The van der Waals surface area contributed by atoms with Crippen LogP contribution < -0.4 is 4.72 Å². The molecule has 1 N–H and O–H groups in total. The van der Waals surface area contributed by atoms with Crippen molar-refractivity contribution >= 4 is 21.7 Å². The molecule has 0 spiro atoms. The molecule has 0 aliphatic carbocycles. The van der Waals surface area contributed by atoms with Gasteiger partial charge in [-0.25, -0.2) is 13.1 Å². The predicted octanol–water partition coefficient (Wildman–Crippen LogP) is 1.04. The van der Waals surface area contributed by atoms with E-state index in [2.05, 4.69) is 4.72 Å². The van der Waals surface area contributed by atoms with Crippen LogP contribution in [0.4, 0.5) is 0 Å². The number of likely N-dealkylation sites (N-methyl/N-ethyl adjacent to an activating group) is 1. The van der Waals surface area contributed by atoms with Crippen LogP contribution in [-0.2, 0) is 14.8 Å². The van der Waals surface area contributed by atoms with Gasteiger partial charge in [-0.2, -0.15) is 0 Å². The number of rotatable bonds is 7. The van der Waals surface area contributed by atoms with Crippen LogP contribution in [0.5, 0.6) is 0 Å². The maximum atomic E-state index is 12.1. The van der Waals surface area contributed by atoms with E-state index < -0.39 is 10.0 Å². The molecule has 0 radical (unpaired) electrons. The summed E-state index contributed by atoms with van der Waals surface area (Å²) in [4.78, 5) is 24.6. The normalized spacial score (nSPS) is 11.2. The zero-order chi connectivity index (χ0) is 16.0. The van der Waals surface area contributed by atoms with Gasteiger partial charge in [0.05, 0.1) is 11.4 Å². The molecule has 0 heterocycles. The van der Waals surface area contributed by atoms with E-state index in [1.807, 2.05) is 0 Å².